The summed E-state index contributed by atoms with van der Waals surface area (Å²) in [6.07, 6.45) is 0. The van der Waals surface area contributed by atoms with Crippen LogP contribution in [-0.2, 0) is 0 Å². The molecule has 0 bridgehead atoms. The van der Waals surface area contributed by atoms with E-state index < -0.39 is 21.8 Å². The van der Waals surface area contributed by atoms with Gasteiger partial charge in [-0.25, -0.2) is 9.59 Å². The average molecular weight is 484 g/mol. The minimum absolute atomic E-state index is 0.122. The predicted molar refractivity (Wildman–Crippen MR) is 128 cm³/mol. The Bertz CT molecular complexity index is 1320. The lowest BCUT2D eigenvalue weighted by atomic mass is 10.1. The molecule has 10 nitrogen and oxygen atoms in total. The molecule has 0 radical (unpaired) electrons. The lowest BCUT2D eigenvalue weighted by molar-refractivity contribution is -0.385. The van der Waals surface area contributed by atoms with Crippen molar-refractivity contribution in [2.75, 3.05) is 0 Å². The number of hydrogen-bond donors (Lipinski definition) is 0. The Balaban J connectivity index is 1.37. The number of benzene rings is 4. The highest BCUT2D eigenvalue weighted by atomic mass is 16.6. The maximum Gasteiger partial charge on any atom is 0.343 e. The van der Waals surface area contributed by atoms with Crippen molar-refractivity contribution in [2.24, 2.45) is 0 Å². The van der Waals surface area contributed by atoms with Crippen molar-refractivity contribution in [1.82, 2.24) is 0 Å². The van der Waals surface area contributed by atoms with Crippen molar-refractivity contribution in [3.63, 3.8) is 0 Å². The van der Waals surface area contributed by atoms with Crippen LogP contribution in [-0.4, -0.2) is 21.8 Å². The fraction of sp³-hybridized carbons (Fsp3) is 0. The topological polar surface area (TPSA) is 139 Å². The number of non-ortho nitro benzene ring substituents is 2. The van der Waals surface area contributed by atoms with Gasteiger partial charge in [-0.1, -0.05) is 24.3 Å². The Morgan fingerprint density at radius 1 is 0.500 bits per heavy atom. The summed E-state index contributed by atoms with van der Waals surface area (Å²) < 4.78 is 10.6. The van der Waals surface area contributed by atoms with Gasteiger partial charge in [0.1, 0.15) is 11.5 Å². The van der Waals surface area contributed by atoms with Crippen molar-refractivity contribution >= 4 is 23.3 Å². The van der Waals surface area contributed by atoms with Gasteiger partial charge >= 0.3 is 11.9 Å². The molecule has 0 N–H and O–H groups in total. The number of ether oxygens (including phenoxy) is 2. The number of nitrogens with zero attached hydrogens (tertiary/aromatic N) is 2. The van der Waals surface area contributed by atoms with E-state index in [0.717, 1.165) is 11.1 Å². The molecule has 0 atom stereocenters. The van der Waals surface area contributed by atoms with Crippen molar-refractivity contribution in [1.29, 1.82) is 0 Å². The summed E-state index contributed by atoms with van der Waals surface area (Å²) in [5.41, 5.74) is 1.76. The average Bonchev–Trinajstić information content (AvgIpc) is 2.89. The Kier molecular flexibility index (Phi) is 6.78. The zero-order valence-corrected chi connectivity index (χ0v) is 18.4. The molecule has 0 aliphatic rings. The molecule has 178 valence electrons. The molecule has 0 aromatic heterocycles. The highest BCUT2D eigenvalue weighted by Crippen LogP contribution is 2.26. The van der Waals surface area contributed by atoms with Gasteiger partial charge in [0.15, 0.2) is 0 Å². The van der Waals surface area contributed by atoms with Crippen LogP contribution in [0, 0.1) is 20.2 Å². The van der Waals surface area contributed by atoms with Gasteiger partial charge in [0, 0.05) is 24.3 Å². The summed E-state index contributed by atoms with van der Waals surface area (Å²) in [6.45, 7) is 0. The number of nitro benzene ring substituents is 2. The third-order valence-electron chi connectivity index (χ3n) is 5.09. The summed E-state index contributed by atoms with van der Waals surface area (Å²) in [5, 5.41) is 21.4. The second-order valence-corrected chi connectivity index (χ2v) is 7.44. The van der Waals surface area contributed by atoms with E-state index in [4.69, 9.17) is 9.47 Å². The smallest absolute Gasteiger partial charge is 0.343 e. The molecule has 4 rings (SSSR count). The molecule has 0 saturated carbocycles. The van der Waals surface area contributed by atoms with E-state index in [1.54, 1.807) is 48.5 Å². The Labute approximate surface area is 203 Å². The largest absolute Gasteiger partial charge is 0.423 e. The van der Waals surface area contributed by atoms with Gasteiger partial charge in [0.05, 0.1) is 21.0 Å². The molecule has 0 aliphatic heterocycles. The summed E-state index contributed by atoms with van der Waals surface area (Å²) in [4.78, 5) is 44.9. The number of hydrogen-bond acceptors (Lipinski definition) is 8. The van der Waals surface area contributed by atoms with Crippen molar-refractivity contribution in [3.8, 4) is 22.6 Å². The molecule has 36 heavy (non-hydrogen) atoms. The van der Waals surface area contributed by atoms with Crippen molar-refractivity contribution in [2.45, 2.75) is 0 Å². The van der Waals surface area contributed by atoms with Gasteiger partial charge in [-0.15, -0.1) is 0 Å². The lowest BCUT2D eigenvalue weighted by Gasteiger charge is -2.08. The molecule has 0 unspecified atom stereocenters. The molecule has 4 aromatic carbocycles. The zero-order valence-electron chi connectivity index (χ0n) is 18.4. The second-order valence-electron chi connectivity index (χ2n) is 7.44. The van der Waals surface area contributed by atoms with Crippen molar-refractivity contribution in [3.05, 3.63) is 128 Å². The first-order valence-corrected chi connectivity index (χ1v) is 10.4. The first kappa shape index (κ1) is 23.8. The maximum atomic E-state index is 12.3. The molecular weight excluding hydrogens is 468 g/mol. The monoisotopic (exact) mass is 484 g/mol. The molecule has 0 fully saturated rings. The molecule has 0 saturated heterocycles. The Hall–Kier alpha value is -5.38. The first-order valence-electron chi connectivity index (χ1n) is 10.4. The third-order valence-corrected chi connectivity index (χ3v) is 5.09. The molecule has 0 aliphatic carbocycles. The number of rotatable bonds is 7. The summed E-state index contributed by atoms with van der Waals surface area (Å²) in [6, 6.07) is 23.6. The normalized spacial score (nSPS) is 10.3. The molecular formula is C26H16N2O8. The Morgan fingerprint density at radius 3 is 1.08 bits per heavy atom. The summed E-state index contributed by atoms with van der Waals surface area (Å²) in [5.74, 6) is -0.680. The molecule has 10 heteroatoms. The van der Waals surface area contributed by atoms with Gasteiger partial charge in [0.25, 0.3) is 11.4 Å². The number of esters is 2. The van der Waals surface area contributed by atoms with E-state index in [1.807, 2.05) is 0 Å². The van der Waals surface area contributed by atoms with Gasteiger partial charge in [-0.3, -0.25) is 20.2 Å². The molecule has 4 aromatic rings. The highest BCUT2D eigenvalue weighted by molar-refractivity contribution is 5.92. The lowest BCUT2D eigenvalue weighted by Crippen LogP contribution is -2.08. The molecule has 0 amide bonds. The Morgan fingerprint density at radius 2 is 0.806 bits per heavy atom. The van der Waals surface area contributed by atoms with Crippen LogP contribution in [0.4, 0.5) is 11.4 Å². The standard InChI is InChI=1S/C26H16N2O8/c29-25(19-1-9-21(10-2-19)27(31)32)35-23-13-5-17(6-14-23)18-7-15-24(16-8-18)36-26(30)20-3-11-22(12-4-20)28(33)34/h1-16H. The van der Waals surface area contributed by atoms with Gasteiger partial charge in [0.2, 0.25) is 0 Å². The van der Waals surface area contributed by atoms with Crippen LogP contribution in [0.3, 0.4) is 0 Å². The van der Waals surface area contributed by atoms with E-state index in [1.165, 1.54) is 48.5 Å². The number of carbonyl (C=O) groups excluding carboxylic acids is 2. The fourth-order valence-corrected chi connectivity index (χ4v) is 3.20. The van der Waals surface area contributed by atoms with Crippen LogP contribution in [0.25, 0.3) is 11.1 Å². The SMILES string of the molecule is O=C(Oc1ccc(-c2ccc(OC(=O)c3ccc([N+](=O)[O-])cc3)cc2)cc1)c1ccc([N+](=O)[O-])cc1. The van der Waals surface area contributed by atoms with E-state index in [0.29, 0.717) is 11.5 Å². The van der Waals surface area contributed by atoms with Gasteiger partial charge in [-0.2, -0.15) is 0 Å². The van der Waals surface area contributed by atoms with E-state index in [9.17, 15) is 29.8 Å². The predicted octanol–water partition coefficient (Wildman–Crippen LogP) is 5.61. The van der Waals surface area contributed by atoms with Gasteiger partial charge < -0.3 is 9.47 Å². The minimum atomic E-state index is -0.642. The highest BCUT2D eigenvalue weighted by Gasteiger charge is 2.13. The number of nitro groups is 2. The van der Waals surface area contributed by atoms with Crippen LogP contribution >= 0.6 is 0 Å². The quantitative estimate of drug-likeness (QED) is 0.143. The van der Waals surface area contributed by atoms with Crippen LogP contribution in [0.15, 0.2) is 97.1 Å². The van der Waals surface area contributed by atoms with Crippen LogP contribution in [0.5, 0.6) is 11.5 Å². The van der Waals surface area contributed by atoms with Crippen LogP contribution < -0.4 is 9.47 Å². The van der Waals surface area contributed by atoms with E-state index in [2.05, 4.69) is 0 Å². The van der Waals surface area contributed by atoms with E-state index in [-0.39, 0.29) is 22.5 Å². The molecule has 0 spiro atoms. The van der Waals surface area contributed by atoms with Gasteiger partial charge in [-0.05, 0) is 59.7 Å². The summed E-state index contributed by atoms with van der Waals surface area (Å²) in [7, 11) is 0. The third kappa shape index (κ3) is 5.57. The maximum absolute atomic E-state index is 12.3. The summed E-state index contributed by atoms with van der Waals surface area (Å²) >= 11 is 0. The van der Waals surface area contributed by atoms with Crippen molar-refractivity contribution < 1.29 is 28.9 Å². The van der Waals surface area contributed by atoms with E-state index >= 15 is 0 Å². The zero-order chi connectivity index (χ0) is 25.7. The second kappa shape index (κ2) is 10.3. The van der Waals surface area contributed by atoms with Crippen LogP contribution in [0.1, 0.15) is 20.7 Å². The minimum Gasteiger partial charge on any atom is -0.423 e. The first-order chi connectivity index (χ1) is 17.3. The van der Waals surface area contributed by atoms with Crippen LogP contribution in [0.2, 0.25) is 0 Å². The number of carbonyl (C=O) groups is 2. The fourth-order valence-electron chi connectivity index (χ4n) is 3.20. The molecule has 0 heterocycles.